The third-order valence-electron chi connectivity index (χ3n) is 6.76. The normalized spacial score (nSPS) is 24.1. The van der Waals surface area contributed by atoms with Gasteiger partial charge in [0.15, 0.2) is 11.8 Å². The zero-order chi connectivity index (χ0) is 28.7. The molecule has 38 heavy (non-hydrogen) atoms. The lowest BCUT2D eigenvalue weighted by atomic mass is 9.79. The molecule has 2 amide bonds. The zero-order valence-corrected chi connectivity index (χ0v) is 23.2. The SMILES string of the molecule is CC(=O)Nc1cccc(C(=O)N[C@@H]2C(=O)O[C@@H](C)[C@H](CC(=O)C(C)C)[C@@H](CCC(C)C)C(=O)O[C@@H]2C)c1O. The maximum absolute atomic E-state index is 13.4. The molecular weight excluding hydrogens is 492 g/mol. The molecule has 0 unspecified atom stereocenters. The van der Waals surface area contributed by atoms with Gasteiger partial charge in [-0.15, -0.1) is 0 Å². The molecule has 10 nitrogen and oxygen atoms in total. The summed E-state index contributed by atoms with van der Waals surface area (Å²) in [5.74, 6) is -4.37. The van der Waals surface area contributed by atoms with E-state index in [1.807, 2.05) is 13.8 Å². The Hall–Kier alpha value is -3.43. The smallest absolute Gasteiger partial charge is 0.332 e. The van der Waals surface area contributed by atoms with Gasteiger partial charge in [0.05, 0.1) is 17.2 Å². The van der Waals surface area contributed by atoms with E-state index in [1.165, 1.54) is 32.0 Å². The summed E-state index contributed by atoms with van der Waals surface area (Å²) < 4.78 is 11.4. The first-order valence-electron chi connectivity index (χ1n) is 13.1. The molecule has 1 aliphatic heterocycles. The summed E-state index contributed by atoms with van der Waals surface area (Å²) in [6.45, 7) is 12.0. The van der Waals surface area contributed by atoms with Crippen molar-refractivity contribution in [1.29, 1.82) is 0 Å². The number of amides is 2. The molecule has 1 aromatic carbocycles. The van der Waals surface area contributed by atoms with E-state index in [-0.39, 0.29) is 29.4 Å². The van der Waals surface area contributed by atoms with Crippen LogP contribution in [0.5, 0.6) is 5.75 Å². The molecule has 1 aromatic rings. The molecule has 210 valence electrons. The van der Waals surface area contributed by atoms with E-state index in [2.05, 4.69) is 10.6 Å². The molecule has 3 N–H and O–H groups in total. The second-order valence-electron chi connectivity index (χ2n) is 10.7. The van der Waals surface area contributed by atoms with Crippen molar-refractivity contribution < 1.29 is 38.6 Å². The number of anilines is 1. The molecule has 5 atom stereocenters. The van der Waals surface area contributed by atoms with Gasteiger partial charge in [0, 0.05) is 25.2 Å². The number of esters is 2. The molecule has 0 aliphatic carbocycles. The van der Waals surface area contributed by atoms with Crippen LogP contribution >= 0.6 is 0 Å². The van der Waals surface area contributed by atoms with Crippen LogP contribution in [-0.4, -0.2) is 52.9 Å². The van der Waals surface area contributed by atoms with Crippen LogP contribution < -0.4 is 10.6 Å². The van der Waals surface area contributed by atoms with E-state index in [0.717, 1.165) is 0 Å². The summed E-state index contributed by atoms with van der Waals surface area (Å²) in [5, 5.41) is 15.4. The van der Waals surface area contributed by atoms with Gasteiger partial charge in [-0.05, 0) is 38.3 Å². The number of phenolic OH excluding ortho intramolecular Hbond substituents is 1. The number of hydrogen-bond donors (Lipinski definition) is 3. The van der Waals surface area contributed by atoms with Crippen molar-refractivity contribution in [3.05, 3.63) is 23.8 Å². The van der Waals surface area contributed by atoms with Gasteiger partial charge in [-0.3, -0.25) is 19.2 Å². The first-order valence-corrected chi connectivity index (χ1v) is 13.1. The number of Topliss-reactive ketones (excluding diaryl/α,β-unsaturated/α-hetero) is 1. The minimum atomic E-state index is -1.37. The monoisotopic (exact) mass is 532 g/mol. The average Bonchev–Trinajstić information content (AvgIpc) is 2.83. The van der Waals surface area contributed by atoms with Gasteiger partial charge in [-0.1, -0.05) is 40.2 Å². The highest BCUT2D eigenvalue weighted by atomic mass is 16.6. The van der Waals surface area contributed by atoms with Crippen molar-refractivity contribution in [3.63, 3.8) is 0 Å². The minimum Gasteiger partial charge on any atom is -0.505 e. The van der Waals surface area contributed by atoms with Gasteiger partial charge in [0.25, 0.3) is 5.91 Å². The third kappa shape index (κ3) is 8.03. The van der Waals surface area contributed by atoms with Crippen molar-refractivity contribution in [2.75, 3.05) is 5.32 Å². The summed E-state index contributed by atoms with van der Waals surface area (Å²) in [6, 6.07) is 2.83. The van der Waals surface area contributed by atoms with Crippen LogP contribution in [0.2, 0.25) is 0 Å². The maximum atomic E-state index is 13.4. The van der Waals surface area contributed by atoms with Crippen LogP contribution in [0.15, 0.2) is 18.2 Å². The average molecular weight is 533 g/mol. The fourth-order valence-electron chi connectivity index (χ4n) is 4.41. The summed E-state index contributed by atoms with van der Waals surface area (Å²) >= 11 is 0. The van der Waals surface area contributed by atoms with Crippen molar-refractivity contribution >= 4 is 35.2 Å². The number of carbonyl (C=O) groups excluding carboxylic acids is 5. The third-order valence-corrected chi connectivity index (χ3v) is 6.76. The Morgan fingerprint density at radius 2 is 1.63 bits per heavy atom. The number of ether oxygens (including phenoxy) is 2. The number of para-hydroxylation sites is 1. The molecule has 0 radical (unpaired) electrons. The topological polar surface area (TPSA) is 148 Å². The van der Waals surface area contributed by atoms with E-state index < -0.39 is 59.6 Å². The molecule has 1 heterocycles. The predicted octanol–water partition coefficient (Wildman–Crippen LogP) is 3.61. The number of hydrogen-bond acceptors (Lipinski definition) is 8. The van der Waals surface area contributed by atoms with Gasteiger partial charge in [0.2, 0.25) is 5.91 Å². The van der Waals surface area contributed by atoms with Crippen LogP contribution in [0.4, 0.5) is 5.69 Å². The molecule has 0 spiro atoms. The molecule has 1 aliphatic rings. The number of phenols is 1. The molecule has 2 rings (SSSR count). The Labute approximate surface area is 223 Å². The summed E-state index contributed by atoms with van der Waals surface area (Å²) in [6.07, 6.45) is -0.657. The highest BCUT2D eigenvalue weighted by Crippen LogP contribution is 2.33. The highest BCUT2D eigenvalue weighted by molar-refractivity contribution is 6.02. The molecule has 10 heteroatoms. The van der Waals surface area contributed by atoms with E-state index in [0.29, 0.717) is 18.8 Å². The number of aromatic hydroxyl groups is 1. The summed E-state index contributed by atoms with van der Waals surface area (Å²) in [5.41, 5.74) is -0.160. The van der Waals surface area contributed by atoms with Crippen molar-refractivity contribution in [2.24, 2.45) is 23.7 Å². The second kappa shape index (κ2) is 13.4. The Bertz CT molecular complexity index is 1050. The van der Waals surface area contributed by atoms with Gasteiger partial charge in [0.1, 0.15) is 18.0 Å². The highest BCUT2D eigenvalue weighted by Gasteiger charge is 2.43. The van der Waals surface area contributed by atoms with E-state index >= 15 is 0 Å². The Morgan fingerprint density at radius 3 is 2.21 bits per heavy atom. The van der Waals surface area contributed by atoms with E-state index in [9.17, 15) is 29.1 Å². The quantitative estimate of drug-likeness (QED) is 0.323. The number of benzene rings is 1. The van der Waals surface area contributed by atoms with Gasteiger partial charge in [-0.25, -0.2) is 4.79 Å². The molecule has 1 fully saturated rings. The van der Waals surface area contributed by atoms with Crippen molar-refractivity contribution in [2.45, 2.75) is 86.0 Å². The molecule has 1 saturated heterocycles. The zero-order valence-electron chi connectivity index (χ0n) is 23.2. The fraction of sp³-hybridized carbons (Fsp3) is 0.607. The van der Waals surface area contributed by atoms with E-state index in [4.69, 9.17) is 9.47 Å². The lowest BCUT2D eigenvalue weighted by Crippen LogP contribution is -2.50. The van der Waals surface area contributed by atoms with Crippen LogP contribution in [0.1, 0.15) is 78.1 Å². The first-order chi connectivity index (χ1) is 17.7. The molecular formula is C28H40N2O8. The fourth-order valence-corrected chi connectivity index (χ4v) is 4.41. The summed E-state index contributed by atoms with van der Waals surface area (Å²) in [7, 11) is 0. The Balaban J connectivity index is 2.37. The largest absolute Gasteiger partial charge is 0.505 e. The van der Waals surface area contributed by atoms with Gasteiger partial charge < -0.3 is 25.2 Å². The van der Waals surface area contributed by atoms with Crippen LogP contribution in [0, 0.1) is 23.7 Å². The molecule has 0 bridgehead atoms. The number of cyclic esters (lactones) is 2. The number of rotatable bonds is 9. The minimum absolute atomic E-state index is 0.0287. The van der Waals surface area contributed by atoms with Gasteiger partial charge in [-0.2, -0.15) is 0 Å². The standard InChI is InChI=1S/C28H40N2O8/c1-14(2)11-12-19-21(13-23(32)15(3)4)16(5)37-28(36)24(17(6)38-27(19)35)30-26(34)20-9-8-10-22(25(20)33)29-18(7)31/h8-10,14-17,19,21,24,33H,11-13H2,1-7H3,(H,29,31)(H,30,34)/t16-,17+,19+,21-,24-/m0/s1. The number of ketones is 1. The van der Waals surface area contributed by atoms with Crippen LogP contribution in [0.25, 0.3) is 0 Å². The lowest BCUT2D eigenvalue weighted by molar-refractivity contribution is -0.157. The predicted molar refractivity (Wildman–Crippen MR) is 140 cm³/mol. The lowest BCUT2D eigenvalue weighted by Gasteiger charge is -2.30. The number of nitrogens with one attached hydrogen (secondary N) is 2. The maximum Gasteiger partial charge on any atom is 0.332 e. The molecule has 0 aromatic heterocycles. The van der Waals surface area contributed by atoms with Crippen LogP contribution in [0.3, 0.4) is 0 Å². The molecule has 0 saturated carbocycles. The Kier molecular flexibility index (Phi) is 10.9. The Morgan fingerprint density at radius 1 is 1.00 bits per heavy atom. The first kappa shape index (κ1) is 30.8. The van der Waals surface area contributed by atoms with Gasteiger partial charge >= 0.3 is 11.9 Å². The van der Waals surface area contributed by atoms with E-state index in [1.54, 1.807) is 20.8 Å². The van der Waals surface area contributed by atoms with Crippen molar-refractivity contribution in [3.8, 4) is 5.75 Å². The number of carbonyl (C=O) groups is 5. The summed E-state index contributed by atoms with van der Waals surface area (Å²) in [4.78, 5) is 63.7. The second-order valence-corrected chi connectivity index (χ2v) is 10.7. The van der Waals surface area contributed by atoms with Crippen molar-refractivity contribution in [1.82, 2.24) is 5.32 Å². The van der Waals surface area contributed by atoms with Crippen LogP contribution in [-0.2, 0) is 28.7 Å².